The molecule has 0 bridgehead atoms. The highest BCUT2D eigenvalue weighted by Gasteiger charge is 2.43. The first-order valence-corrected chi connectivity index (χ1v) is 10.2. The van der Waals surface area contributed by atoms with Crippen LogP contribution in [-0.4, -0.2) is 39.2 Å². The molecule has 2 heterocycles. The summed E-state index contributed by atoms with van der Waals surface area (Å²) in [7, 11) is 0. The fraction of sp³-hybridized carbons (Fsp3) is 0.409. The Morgan fingerprint density at radius 3 is 2.64 bits per heavy atom. The molecule has 1 aliphatic heterocycles. The standard InChI is InChI=1S/C22H24ClN3O2/c1-15(16-5-7-18(23)8-6-16)26(20-9-10-20)22(28)17-12-21(27)25(13-17)14-19-4-2-3-11-24-19/h2-8,11,15,17,20H,9-10,12-14H2,1H3. The molecule has 2 aromatic rings. The van der Waals surface area contributed by atoms with Crippen LogP contribution in [0.5, 0.6) is 0 Å². The van der Waals surface area contributed by atoms with E-state index in [4.69, 9.17) is 11.6 Å². The SMILES string of the molecule is CC(c1ccc(Cl)cc1)N(C(=O)C1CC(=O)N(Cc2ccccn2)C1)C1CC1. The monoisotopic (exact) mass is 397 g/mol. The number of pyridine rings is 1. The topological polar surface area (TPSA) is 53.5 Å². The van der Waals surface area contributed by atoms with Gasteiger partial charge in [-0.25, -0.2) is 0 Å². The van der Waals surface area contributed by atoms with E-state index in [0.29, 0.717) is 18.1 Å². The number of carbonyl (C=O) groups is 2. The highest BCUT2D eigenvalue weighted by molar-refractivity contribution is 6.30. The second-order valence-corrected chi connectivity index (χ2v) is 8.14. The Bertz CT molecular complexity index is 852. The summed E-state index contributed by atoms with van der Waals surface area (Å²) in [5, 5.41) is 0.687. The maximum absolute atomic E-state index is 13.4. The Kier molecular flexibility index (Phi) is 5.36. The molecule has 2 unspecified atom stereocenters. The molecule has 28 heavy (non-hydrogen) atoms. The second-order valence-electron chi connectivity index (χ2n) is 7.70. The minimum atomic E-state index is -0.286. The third-order valence-electron chi connectivity index (χ3n) is 5.61. The van der Waals surface area contributed by atoms with Gasteiger partial charge in [0, 0.05) is 30.2 Å². The van der Waals surface area contributed by atoms with E-state index in [1.807, 2.05) is 47.4 Å². The molecular formula is C22H24ClN3O2. The van der Waals surface area contributed by atoms with Gasteiger partial charge in [0.25, 0.3) is 0 Å². The Labute approximate surface area is 170 Å². The fourth-order valence-corrected chi connectivity index (χ4v) is 4.06. The molecule has 1 aromatic heterocycles. The average molecular weight is 398 g/mol. The fourth-order valence-electron chi connectivity index (χ4n) is 3.93. The van der Waals surface area contributed by atoms with E-state index in [2.05, 4.69) is 11.9 Å². The molecule has 0 radical (unpaired) electrons. The van der Waals surface area contributed by atoms with Crippen molar-refractivity contribution in [3.8, 4) is 0 Å². The lowest BCUT2D eigenvalue weighted by molar-refractivity contribution is -0.138. The van der Waals surface area contributed by atoms with E-state index in [0.717, 1.165) is 24.1 Å². The van der Waals surface area contributed by atoms with Crippen molar-refractivity contribution >= 4 is 23.4 Å². The summed E-state index contributed by atoms with van der Waals surface area (Å²) in [6, 6.07) is 13.6. The van der Waals surface area contributed by atoms with Gasteiger partial charge in [-0.05, 0) is 49.6 Å². The number of amides is 2. The summed E-state index contributed by atoms with van der Waals surface area (Å²) in [5.41, 5.74) is 1.91. The lowest BCUT2D eigenvalue weighted by atomic mass is 10.0. The smallest absolute Gasteiger partial charge is 0.228 e. The van der Waals surface area contributed by atoms with Gasteiger partial charge in [-0.15, -0.1) is 0 Å². The lowest BCUT2D eigenvalue weighted by Crippen LogP contribution is -2.40. The molecule has 1 saturated carbocycles. The molecule has 0 spiro atoms. The van der Waals surface area contributed by atoms with Crippen LogP contribution >= 0.6 is 11.6 Å². The van der Waals surface area contributed by atoms with Crippen molar-refractivity contribution in [2.24, 2.45) is 5.92 Å². The predicted molar refractivity (Wildman–Crippen MR) is 107 cm³/mol. The van der Waals surface area contributed by atoms with Crippen LogP contribution in [0.3, 0.4) is 0 Å². The van der Waals surface area contributed by atoms with Gasteiger partial charge >= 0.3 is 0 Å². The van der Waals surface area contributed by atoms with E-state index in [1.165, 1.54) is 0 Å². The zero-order valence-corrected chi connectivity index (χ0v) is 16.7. The number of halogens is 1. The van der Waals surface area contributed by atoms with E-state index < -0.39 is 0 Å². The minimum absolute atomic E-state index is 0.0268. The summed E-state index contributed by atoms with van der Waals surface area (Å²) in [5.74, 6) is -0.174. The van der Waals surface area contributed by atoms with Gasteiger partial charge in [-0.1, -0.05) is 29.8 Å². The van der Waals surface area contributed by atoms with E-state index >= 15 is 0 Å². The van der Waals surface area contributed by atoms with Crippen molar-refractivity contribution in [1.29, 1.82) is 0 Å². The van der Waals surface area contributed by atoms with Crippen molar-refractivity contribution in [2.75, 3.05) is 6.54 Å². The highest BCUT2D eigenvalue weighted by Crippen LogP contribution is 2.37. The van der Waals surface area contributed by atoms with Gasteiger partial charge in [0.05, 0.1) is 24.2 Å². The van der Waals surface area contributed by atoms with Gasteiger partial charge in [-0.2, -0.15) is 0 Å². The molecule has 5 nitrogen and oxygen atoms in total. The number of nitrogens with zero attached hydrogens (tertiary/aromatic N) is 3. The van der Waals surface area contributed by atoms with Crippen molar-refractivity contribution in [2.45, 2.75) is 44.8 Å². The molecule has 4 rings (SSSR count). The number of likely N-dealkylation sites (tertiary alicyclic amines) is 1. The second kappa shape index (κ2) is 7.92. The zero-order chi connectivity index (χ0) is 19.7. The number of hydrogen-bond donors (Lipinski definition) is 0. The molecule has 1 saturated heterocycles. The number of carbonyl (C=O) groups excluding carboxylic acids is 2. The molecule has 2 atom stereocenters. The van der Waals surface area contributed by atoms with Crippen molar-refractivity contribution < 1.29 is 9.59 Å². The van der Waals surface area contributed by atoms with Crippen LogP contribution in [0.1, 0.15) is 43.5 Å². The van der Waals surface area contributed by atoms with Crippen LogP contribution in [0, 0.1) is 5.92 Å². The summed E-state index contributed by atoms with van der Waals surface area (Å²) < 4.78 is 0. The molecule has 146 valence electrons. The predicted octanol–water partition coefficient (Wildman–Crippen LogP) is 3.84. The summed E-state index contributed by atoms with van der Waals surface area (Å²) in [4.78, 5) is 33.9. The molecule has 1 aromatic carbocycles. The number of aromatic nitrogens is 1. The van der Waals surface area contributed by atoms with Crippen LogP contribution in [0.4, 0.5) is 0 Å². The van der Waals surface area contributed by atoms with Crippen LogP contribution in [0.25, 0.3) is 0 Å². The van der Waals surface area contributed by atoms with E-state index in [9.17, 15) is 9.59 Å². The van der Waals surface area contributed by atoms with Crippen molar-refractivity contribution in [3.63, 3.8) is 0 Å². The summed E-state index contributed by atoms with van der Waals surface area (Å²) in [6.07, 6.45) is 4.06. The van der Waals surface area contributed by atoms with Gasteiger partial charge < -0.3 is 9.80 Å². The van der Waals surface area contributed by atoms with Crippen LogP contribution in [0.2, 0.25) is 5.02 Å². The third kappa shape index (κ3) is 4.04. The third-order valence-corrected chi connectivity index (χ3v) is 5.86. The normalized spacial score (nSPS) is 20.3. The highest BCUT2D eigenvalue weighted by atomic mass is 35.5. The van der Waals surface area contributed by atoms with E-state index in [1.54, 1.807) is 11.1 Å². The average Bonchev–Trinajstić information content (AvgIpc) is 3.46. The molecule has 2 aliphatic rings. The number of rotatable bonds is 6. The molecule has 0 N–H and O–H groups in total. The van der Waals surface area contributed by atoms with Gasteiger partial charge in [0.2, 0.25) is 11.8 Å². The van der Waals surface area contributed by atoms with Crippen molar-refractivity contribution in [1.82, 2.24) is 14.8 Å². The Balaban J connectivity index is 1.47. The zero-order valence-electron chi connectivity index (χ0n) is 15.9. The number of hydrogen-bond acceptors (Lipinski definition) is 3. The molecular weight excluding hydrogens is 374 g/mol. The van der Waals surface area contributed by atoms with E-state index in [-0.39, 0.29) is 36.2 Å². The van der Waals surface area contributed by atoms with Crippen LogP contribution < -0.4 is 0 Å². The Morgan fingerprint density at radius 1 is 1.25 bits per heavy atom. The number of benzene rings is 1. The summed E-state index contributed by atoms with van der Waals surface area (Å²) in [6.45, 7) is 2.98. The maximum Gasteiger partial charge on any atom is 0.228 e. The molecule has 2 fully saturated rings. The maximum atomic E-state index is 13.4. The summed E-state index contributed by atoms with van der Waals surface area (Å²) >= 11 is 6.01. The first-order valence-electron chi connectivity index (χ1n) is 9.78. The Hall–Kier alpha value is -2.40. The lowest BCUT2D eigenvalue weighted by Gasteiger charge is -2.32. The Morgan fingerprint density at radius 2 is 2.00 bits per heavy atom. The van der Waals surface area contributed by atoms with Crippen LogP contribution in [0.15, 0.2) is 48.7 Å². The van der Waals surface area contributed by atoms with Gasteiger partial charge in [0.15, 0.2) is 0 Å². The largest absolute Gasteiger partial charge is 0.336 e. The van der Waals surface area contributed by atoms with Crippen LogP contribution in [-0.2, 0) is 16.1 Å². The van der Waals surface area contributed by atoms with Gasteiger partial charge in [-0.3, -0.25) is 14.6 Å². The quantitative estimate of drug-likeness (QED) is 0.744. The molecule has 6 heteroatoms. The minimum Gasteiger partial charge on any atom is -0.336 e. The van der Waals surface area contributed by atoms with Gasteiger partial charge in [0.1, 0.15) is 0 Å². The molecule has 2 amide bonds. The van der Waals surface area contributed by atoms with Crippen molar-refractivity contribution in [3.05, 3.63) is 64.9 Å². The molecule has 1 aliphatic carbocycles. The first kappa shape index (κ1) is 18.9. The first-order chi connectivity index (χ1) is 13.5.